The molecule has 0 aromatic carbocycles. The van der Waals surface area contributed by atoms with Crippen LogP contribution in [0.5, 0.6) is 0 Å². The van der Waals surface area contributed by atoms with E-state index in [1.807, 2.05) is 0 Å². The summed E-state index contributed by atoms with van der Waals surface area (Å²) in [5.74, 6) is -0.715. The van der Waals surface area contributed by atoms with Crippen molar-refractivity contribution in [3.05, 3.63) is 0 Å². The molecule has 0 aliphatic heterocycles. The molecule has 0 aromatic heterocycles. The molecular formula is C8H13NO3. The van der Waals surface area contributed by atoms with E-state index in [1.165, 1.54) is 6.92 Å². The molecule has 0 atom stereocenters. The summed E-state index contributed by atoms with van der Waals surface area (Å²) in [7, 11) is 0. The topological polar surface area (TPSA) is 63.2 Å². The number of hydrogen-bond donors (Lipinski definition) is 1. The van der Waals surface area contributed by atoms with E-state index < -0.39 is 11.4 Å². The number of amides is 1. The number of carbonyl (C=O) groups is 3. The highest BCUT2D eigenvalue weighted by Crippen LogP contribution is 2.07. The van der Waals surface area contributed by atoms with E-state index in [0.717, 1.165) is 0 Å². The lowest BCUT2D eigenvalue weighted by Crippen LogP contribution is -2.45. The van der Waals surface area contributed by atoms with Crippen molar-refractivity contribution >= 4 is 18.0 Å². The molecule has 4 nitrogen and oxygen atoms in total. The number of rotatable bonds is 4. The summed E-state index contributed by atoms with van der Waals surface area (Å²) in [6.07, 6.45) is 0.425. The Morgan fingerprint density at radius 3 is 2.25 bits per heavy atom. The van der Waals surface area contributed by atoms with Gasteiger partial charge in [-0.05, 0) is 20.8 Å². The molecular weight excluding hydrogens is 158 g/mol. The van der Waals surface area contributed by atoms with Gasteiger partial charge in [-0.25, -0.2) is 0 Å². The number of hydrogen-bond acceptors (Lipinski definition) is 3. The fourth-order valence-corrected chi connectivity index (χ4v) is 1.03. The normalized spacial score (nSPS) is 10.6. The third-order valence-corrected chi connectivity index (χ3v) is 1.26. The Bertz CT molecular complexity index is 208. The predicted molar refractivity (Wildman–Crippen MR) is 43.6 cm³/mol. The van der Waals surface area contributed by atoms with Gasteiger partial charge < -0.3 is 5.32 Å². The molecule has 1 amide bonds. The standard InChI is InChI=1S/C8H13NO3/c1-6(11)4-8(2,3)9-7(12)5-10/h5H,4H2,1-3H3,(H,9,12). The van der Waals surface area contributed by atoms with Crippen LogP contribution < -0.4 is 5.32 Å². The van der Waals surface area contributed by atoms with Crippen LogP contribution in [-0.4, -0.2) is 23.5 Å². The van der Waals surface area contributed by atoms with E-state index in [4.69, 9.17) is 0 Å². The maximum Gasteiger partial charge on any atom is 0.284 e. The van der Waals surface area contributed by atoms with E-state index in [1.54, 1.807) is 13.8 Å². The van der Waals surface area contributed by atoms with Gasteiger partial charge in [0, 0.05) is 12.0 Å². The van der Waals surface area contributed by atoms with Gasteiger partial charge in [0.1, 0.15) is 5.78 Å². The SMILES string of the molecule is CC(=O)CC(C)(C)NC(=O)C=O. The minimum absolute atomic E-state index is 0.0220. The number of carbonyl (C=O) groups excluding carboxylic acids is 3. The molecule has 0 unspecified atom stereocenters. The van der Waals surface area contributed by atoms with Crippen LogP contribution in [0.3, 0.4) is 0 Å². The minimum atomic E-state index is -0.693. The lowest BCUT2D eigenvalue weighted by Gasteiger charge is -2.23. The zero-order valence-electron chi connectivity index (χ0n) is 7.51. The van der Waals surface area contributed by atoms with Crippen molar-refractivity contribution in [2.45, 2.75) is 32.7 Å². The maximum atomic E-state index is 10.7. The Labute approximate surface area is 71.3 Å². The first-order valence-electron chi connectivity index (χ1n) is 3.64. The molecule has 4 heteroatoms. The van der Waals surface area contributed by atoms with E-state index in [2.05, 4.69) is 5.32 Å². The van der Waals surface area contributed by atoms with Crippen LogP contribution in [0.4, 0.5) is 0 Å². The lowest BCUT2D eigenvalue weighted by atomic mass is 9.98. The molecule has 0 bridgehead atoms. The van der Waals surface area contributed by atoms with Gasteiger partial charge >= 0.3 is 0 Å². The van der Waals surface area contributed by atoms with Gasteiger partial charge in [-0.2, -0.15) is 0 Å². The molecule has 12 heavy (non-hydrogen) atoms. The smallest absolute Gasteiger partial charge is 0.284 e. The number of ketones is 1. The third kappa shape index (κ3) is 4.60. The summed E-state index contributed by atoms with van der Waals surface area (Å²) in [6.45, 7) is 4.82. The van der Waals surface area contributed by atoms with Crippen molar-refractivity contribution in [3.8, 4) is 0 Å². The van der Waals surface area contributed by atoms with Gasteiger partial charge in [0.05, 0.1) is 0 Å². The second kappa shape index (κ2) is 3.99. The molecule has 0 rings (SSSR count). The zero-order chi connectivity index (χ0) is 9.78. The quantitative estimate of drug-likeness (QED) is 0.480. The largest absolute Gasteiger partial charge is 0.344 e. The van der Waals surface area contributed by atoms with Gasteiger partial charge in [-0.1, -0.05) is 0 Å². The summed E-state index contributed by atoms with van der Waals surface area (Å²) in [4.78, 5) is 31.3. The summed E-state index contributed by atoms with van der Waals surface area (Å²) in [5.41, 5.74) is -0.635. The van der Waals surface area contributed by atoms with Crippen LogP contribution in [0.15, 0.2) is 0 Å². The van der Waals surface area contributed by atoms with E-state index >= 15 is 0 Å². The predicted octanol–water partition coefficient (Wildman–Crippen LogP) is 0.0592. The fourth-order valence-electron chi connectivity index (χ4n) is 1.03. The highest BCUT2D eigenvalue weighted by atomic mass is 16.2. The first-order valence-corrected chi connectivity index (χ1v) is 3.64. The maximum absolute atomic E-state index is 10.7. The summed E-state index contributed by atoms with van der Waals surface area (Å²) < 4.78 is 0. The molecule has 0 fully saturated rings. The van der Waals surface area contributed by atoms with E-state index in [9.17, 15) is 14.4 Å². The lowest BCUT2D eigenvalue weighted by molar-refractivity contribution is -0.132. The van der Waals surface area contributed by atoms with Crippen molar-refractivity contribution < 1.29 is 14.4 Å². The number of nitrogens with one attached hydrogen (secondary N) is 1. The number of aldehydes is 1. The molecule has 0 aromatic rings. The van der Waals surface area contributed by atoms with Crippen molar-refractivity contribution in [2.24, 2.45) is 0 Å². The third-order valence-electron chi connectivity index (χ3n) is 1.26. The Hall–Kier alpha value is -1.19. The Kier molecular flexibility index (Phi) is 3.60. The van der Waals surface area contributed by atoms with E-state index in [0.29, 0.717) is 0 Å². The van der Waals surface area contributed by atoms with Crippen molar-refractivity contribution in [1.29, 1.82) is 0 Å². The first kappa shape index (κ1) is 10.8. The van der Waals surface area contributed by atoms with Crippen LogP contribution in [0.1, 0.15) is 27.2 Å². The summed E-state index contributed by atoms with van der Waals surface area (Å²) in [5, 5.41) is 2.41. The summed E-state index contributed by atoms with van der Waals surface area (Å²) in [6, 6.07) is 0. The fraction of sp³-hybridized carbons (Fsp3) is 0.625. The van der Waals surface area contributed by atoms with Gasteiger partial charge in [0.2, 0.25) is 6.29 Å². The van der Waals surface area contributed by atoms with Crippen LogP contribution >= 0.6 is 0 Å². The Morgan fingerprint density at radius 1 is 1.42 bits per heavy atom. The van der Waals surface area contributed by atoms with Crippen molar-refractivity contribution in [3.63, 3.8) is 0 Å². The molecule has 68 valence electrons. The molecule has 0 saturated heterocycles. The van der Waals surface area contributed by atoms with Gasteiger partial charge in [-0.15, -0.1) is 0 Å². The van der Waals surface area contributed by atoms with Crippen LogP contribution in [0.25, 0.3) is 0 Å². The number of Topliss-reactive ketones (excluding diaryl/α,β-unsaturated/α-hetero) is 1. The molecule has 0 spiro atoms. The average Bonchev–Trinajstić information content (AvgIpc) is 1.83. The zero-order valence-corrected chi connectivity index (χ0v) is 7.51. The summed E-state index contributed by atoms with van der Waals surface area (Å²) >= 11 is 0. The van der Waals surface area contributed by atoms with E-state index in [-0.39, 0.29) is 18.5 Å². The van der Waals surface area contributed by atoms with Gasteiger partial charge in [0.25, 0.3) is 5.91 Å². The Balaban J connectivity index is 4.11. The molecule has 1 N–H and O–H groups in total. The van der Waals surface area contributed by atoms with Crippen LogP contribution in [0, 0.1) is 0 Å². The molecule has 0 saturated carbocycles. The molecule has 0 radical (unpaired) electrons. The van der Waals surface area contributed by atoms with Crippen molar-refractivity contribution in [1.82, 2.24) is 5.32 Å². The van der Waals surface area contributed by atoms with Gasteiger partial charge in [-0.3, -0.25) is 14.4 Å². The monoisotopic (exact) mass is 171 g/mol. The first-order chi connectivity index (χ1) is 5.37. The average molecular weight is 171 g/mol. The minimum Gasteiger partial charge on any atom is -0.344 e. The van der Waals surface area contributed by atoms with Gasteiger partial charge in [0.15, 0.2) is 0 Å². The second-order valence-corrected chi connectivity index (χ2v) is 3.37. The highest BCUT2D eigenvalue weighted by Gasteiger charge is 2.21. The van der Waals surface area contributed by atoms with Crippen LogP contribution in [0.2, 0.25) is 0 Å². The molecule has 0 aliphatic rings. The molecule has 0 heterocycles. The van der Waals surface area contributed by atoms with Crippen molar-refractivity contribution in [2.75, 3.05) is 0 Å². The second-order valence-electron chi connectivity index (χ2n) is 3.37. The van der Waals surface area contributed by atoms with Crippen LogP contribution in [-0.2, 0) is 14.4 Å². The highest BCUT2D eigenvalue weighted by molar-refractivity contribution is 6.23. The Morgan fingerprint density at radius 2 is 1.92 bits per heavy atom. The molecule has 0 aliphatic carbocycles.